The third-order valence-corrected chi connectivity index (χ3v) is 9.46. The zero-order chi connectivity index (χ0) is 27.5. The first-order chi connectivity index (χ1) is 18.6. The van der Waals surface area contributed by atoms with E-state index in [1.807, 2.05) is 12.1 Å². The molecule has 196 valence electrons. The van der Waals surface area contributed by atoms with Gasteiger partial charge in [-0.2, -0.15) is 4.58 Å². The largest absolute Gasteiger partial charge is 0.347 e. The standard InChI is InChI=1S/C35H33Cl2N2/c1-34(2)26-19-18-24-14-9-10-15-25(24)33(26)39(5)31(34)16-11-17-32-35(3,22-23-12-7-6-8-13-23)27-20-28(36)29(37)21-30(27)38(32)4/h6-21H,22H2,1-5H3/q+1. The predicted octanol–water partition coefficient (Wildman–Crippen LogP) is 9.24. The summed E-state index contributed by atoms with van der Waals surface area (Å²) in [4.78, 5) is 2.27. The van der Waals surface area contributed by atoms with Crippen molar-refractivity contribution in [1.82, 2.24) is 0 Å². The maximum atomic E-state index is 6.55. The van der Waals surface area contributed by atoms with Crippen LogP contribution in [0.25, 0.3) is 10.8 Å². The zero-order valence-electron chi connectivity index (χ0n) is 23.1. The second kappa shape index (κ2) is 9.40. The van der Waals surface area contributed by atoms with E-state index in [0.717, 1.165) is 12.1 Å². The molecule has 0 N–H and O–H groups in total. The Morgan fingerprint density at radius 3 is 2.31 bits per heavy atom. The second-order valence-electron chi connectivity index (χ2n) is 11.5. The van der Waals surface area contributed by atoms with Crippen LogP contribution >= 0.6 is 23.2 Å². The van der Waals surface area contributed by atoms with Crippen LogP contribution in [0.5, 0.6) is 0 Å². The third kappa shape index (κ3) is 4.04. The molecule has 1 atom stereocenters. The molecule has 2 aliphatic heterocycles. The van der Waals surface area contributed by atoms with Crippen molar-refractivity contribution in [2.24, 2.45) is 0 Å². The summed E-state index contributed by atoms with van der Waals surface area (Å²) >= 11 is 13.0. The van der Waals surface area contributed by atoms with E-state index in [1.54, 1.807) is 0 Å². The van der Waals surface area contributed by atoms with Crippen LogP contribution < -0.4 is 4.90 Å². The van der Waals surface area contributed by atoms with Gasteiger partial charge in [-0.25, -0.2) is 0 Å². The molecule has 0 aromatic heterocycles. The molecule has 0 radical (unpaired) electrons. The summed E-state index contributed by atoms with van der Waals surface area (Å²) in [5.41, 5.74) is 8.38. The van der Waals surface area contributed by atoms with Crippen LogP contribution in [0.3, 0.4) is 0 Å². The van der Waals surface area contributed by atoms with Crippen LogP contribution in [-0.4, -0.2) is 24.4 Å². The van der Waals surface area contributed by atoms with Crippen molar-refractivity contribution in [2.75, 3.05) is 19.0 Å². The minimum atomic E-state index is -0.259. The Labute approximate surface area is 241 Å². The fourth-order valence-electron chi connectivity index (χ4n) is 6.73. The lowest BCUT2D eigenvalue weighted by Gasteiger charge is -2.29. The van der Waals surface area contributed by atoms with Gasteiger partial charge in [-0.15, -0.1) is 0 Å². The number of anilines is 1. The lowest BCUT2D eigenvalue weighted by atomic mass is 9.76. The summed E-state index contributed by atoms with van der Waals surface area (Å²) in [7, 11) is 4.31. The average Bonchev–Trinajstić information content (AvgIpc) is 3.24. The van der Waals surface area contributed by atoms with Crippen LogP contribution in [0.2, 0.25) is 10.0 Å². The van der Waals surface area contributed by atoms with Gasteiger partial charge in [0.15, 0.2) is 5.71 Å². The maximum Gasteiger partial charge on any atom is 0.217 e. The number of fused-ring (bicyclic) bond motifs is 4. The number of likely N-dealkylation sites (N-methyl/N-ethyl adjacent to an activating group) is 1. The highest BCUT2D eigenvalue weighted by atomic mass is 35.5. The Morgan fingerprint density at radius 1 is 0.846 bits per heavy atom. The SMILES string of the molecule is CN1/C(=C/C=C/C2=[N+](C)c3c(ccc4ccccc34)C2(C)C)C(C)(Cc2ccccc2)c2cc(Cl)c(Cl)cc21. The maximum absolute atomic E-state index is 6.55. The fourth-order valence-corrected chi connectivity index (χ4v) is 7.05. The van der Waals surface area contributed by atoms with E-state index in [2.05, 4.69) is 129 Å². The first-order valence-electron chi connectivity index (χ1n) is 13.4. The normalized spacial score (nSPS) is 20.9. The van der Waals surface area contributed by atoms with Crippen molar-refractivity contribution in [1.29, 1.82) is 0 Å². The molecule has 0 fully saturated rings. The summed E-state index contributed by atoms with van der Waals surface area (Å²) < 4.78 is 2.36. The Kier molecular flexibility index (Phi) is 6.25. The van der Waals surface area contributed by atoms with Gasteiger partial charge in [-0.05, 0) is 68.0 Å². The summed E-state index contributed by atoms with van der Waals surface area (Å²) in [5.74, 6) is 0. The van der Waals surface area contributed by atoms with E-state index >= 15 is 0 Å². The summed E-state index contributed by atoms with van der Waals surface area (Å²) in [5, 5.41) is 3.74. The molecule has 2 heterocycles. The molecule has 0 saturated carbocycles. The molecule has 4 aromatic carbocycles. The quantitative estimate of drug-likeness (QED) is 0.229. The summed E-state index contributed by atoms with van der Waals surface area (Å²) in [6.45, 7) is 6.95. The number of allylic oxidation sites excluding steroid dienone is 4. The molecule has 2 aliphatic rings. The van der Waals surface area contributed by atoms with Gasteiger partial charge in [-0.3, -0.25) is 0 Å². The van der Waals surface area contributed by atoms with Crippen LogP contribution in [0.15, 0.2) is 103 Å². The minimum Gasteiger partial charge on any atom is -0.347 e. The van der Waals surface area contributed by atoms with Crippen molar-refractivity contribution >= 4 is 51.1 Å². The summed E-state index contributed by atoms with van der Waals surface area (Å²) in [6.07, 6.45) is 7.62. The molecule has 4 aromatic rings. The number of rotatable bonds is 4. The van der Waals surface area contributed by atoms with E-state index in [9.17, 15) is 0 Å². The zero-order valence-corrected chi connectivity index (χ0v) is 24.6. The average molecular weight is 553 g/mol. The van der Waals surface area contributed by atoms with E-state index in [0.29, 0.717) is 10.0 Å². The van der Waals surface area contributed by atoms with Gasteiger partial charge in [0, 0.05) is 35.5 Å². The molecular weight excluding hydrogens is 519 g/mol. The molecule has 0 bridgehead atoms. The lowest BCUT2D eigenvalue weighted by molar-refractivity contribution is -0.399. The van der Waals surface area contributed by atoms with Gasteiger partial charge in [0.1, 0.15) is 7.05 Å². The third-order valence-electron chi connectivity index (χ3n) is 8.74. The number of hydrogen-bond acceptors (Lipinski definition) is 1. The highest BCUT2D eigenvalue weighted by Crippen LogP contribution is 2.51. The van der Waals surface area contributed by atoms with E-state index < -0.39 is 0 Å². The van der Waals surface area contributed by atoms with Crippen molar-refractivity contribution < 1.29 is 4.58 Å². The molecule has 39 heavy (non-hydrogen) atoms. The number of benzene rings is 4. The number of hydrogen-bond donors (Lipinski definition) is 0. The lowest BCUT2D eigenvalue weighted by Crippen LogP contribution is -2.29. The molecule has 0 amide bonds. The smallest absolute Gasteiger partial charge is 0.217 e. The topological polar surface area (TPSA) is 6.25 Å². The van der Waals surface area contributed by atoms with Crippen molar-refractivity contribution in [3.05, 3.63) is 130 Å². The van der Waals surface area contributed by atoms with Crippen LogP contribution in [0.1, 0.15) is 37.5 Å². The van der Waals surface area contributed by atoms with Gasteiger partial charge >= 0.3 is 0 Å². The van der Waals surface area contributed by atoms with Crippen LogP contribution in [-0.2, 0) is 17.3 Å². The first-order valence-corrected chi connectivity index (χ1v) is 14.2. The number of nitrogens with zero attached hydrogens (tertiary/aromatic N) is 2. The Bertz CT molecular complexity index is 1710. The highest BCUT2D eigenvalue weighted by Gasteiger charge is 2.45. The predicted molar refractivity (Wildman–Crippen MR) is 167 cm³/mol. The van der Waals surface area contributed by atoms with Gasteiger partial charge in [-0.1, -0.05) is 89.9 Å². The van der Waals surface area contributed by atoms with Crippen molar-refractivity contribution in [3.8, 4) is 0 Å². The second-order valence-corrected chi connectivity index (χ2v) is 12.3. The number of halogens is 2. The van der Waals surface area contributed by atoms with E-state index in [4.69, 9.17) is 23.2 Å². The van der Waals surface area contributed by atoms with Gasteiger partial charge in [0.2, 0.25) is 5.69 Å². The molecule has 2 nitrogen and oxygen atoms in total. The van der Waals surface area contributed by atoms with Crippen LogP contribution in [0, 0.1) is 0 Å². The van der Waals surface area contributed by atoms with E-state index in [-0.39, 0.29) is 10.8 Å². The van der Waals surface area contributed by atoms with E-state index in [1.165, 1.54) is 44.6 Å². The minimum absolute atomic E-state index is 0.109. The molecule has 6 rings (SSSR count). The molecule has 0 saturated heterocycles. The monoisotopic (exact) mass is 551 g/mol. The molecule has 4 heteroatoms. The molecule has 0 spiro atoms. The Hall–Kier alpha value is -3.33. The van der Waals surface area contributed by atoms with Crippen molar-refractivity contribution in [3.63, 3.8) is 0 Å². The first kappa shape index (κ1) is 25.9. The molecule has 1 unspecified atom stereocenters. The fraction of sp³-hybridized carbons (Fsp3) is 0.229. The Balaban J connectivity index is 1.45. The molecular formula is C35H33Cl2N2+. The van der Waals surface area contributed by atoms with Gasteiger partial charge in [0.05, 0.1) is 20.8 Å². The highest BCUT2D eigenvalue weighted by molar-refractivity contribution is 6.42. The summed E-state index contributed by atoms with van der Waals surface area (Å²) in [6, 6.07) is 27.9. The molecule has 0 aliphatic carbocycles. The van der Waals surface area contributed by atoms with Gasteiger partial charge < -0.3 is 4.90 Å². The van der Waals surface area contributed by atoms with Crippen LogP contribution in [0.4, 0.5) is 11.4 Å². The Morgan fingerprint density at radius 2 is 1.54 bits per heavy atom. The van der Waals surface area contributed by atoms with Crippen molar-refractivity contribution in [2.45, 2.75) is 38.0 Å². The van der Waals surface area contributed by atoms with Gasteiger partial charge in [0.25, 0.3) is 0 Å².